The number of rotatable bonds is 9. The molecule has 2 aliphatic heterocycles. The highest BCUT2D eigenvalue weighted by molar-refractivity contribution is 6.30. The number of hydrogen-bond acceptors (Lipinski definition) is 8. The van der Waals surface area contributed by atoms with Gasteiger partial charge in [-0.2, -0.15) is 0 Å². The molecular formula is C31H37ClN6O4. The number of nitrogens with one attached hydrogen (secondary N) is 2. The van der Waals surface area contributed by atoms with Crippen molar-refractivity contribution in [2.24, 2.45) is 0 Å². The number of H-pyrrole nitrogens is 1. The highest BCUT2D eigenvalue weighted by Crippen LogP contribution is 2.40. The van der Waals surface area contributed by atoms with Gasteiger partial charge in [0.25, 0.3) is 0 Å². The summed E-state index contributed by atoms with van der Waals surface area (Å²) in [5, 5.41) is 31.4. The first kappa shape index (κ1) is 28.7. The van der Waals surface area contributed by atoms with E-state index in [0.29, 0.717) is 42.7 Å². The molecule has 0 bridgehead atoms. The molecule has 1 aliphatic carbocycles. The standard InChI is InChI=1S/C31H37ClN6O4/c32-22-10-8-21(9-11-22)26(25-7-4-12-33-25)31(41)38-15-13-37(14-16-38)28-24(20-5-2-1-3-6-20)17-34-29-27(28)30(36-35-29)42-19-23(40)18-39/h2,5-6,8-11,17,23,25-26,33,39-40H,1,3-4,7,12-16,18-19H2,(H,34,35,36)/t23-,25?,26?/m0/s1. The summed E-state index contributed by atoms with van der Waals surface area (Å²) in [5.41, 5.74) is 4.57. The molecule has 1 amide bonds. The normalized spacial score (nSPS) is 20.5. The number of anilines is 1. The highest BCUT2D eigenvalue weighted by atomic mass is 35.5. The second-order valence-corrected chi connectivity index (χ2v) is 11.5. The number of benzene rings is 1. The predicted molar refractivity (Wildman–Crippen MR) is 163 cm³/mol. The Morgan fingerprint density at radius 3 is 2.67 bits per heavy atom. The molecule has 0 spiro atoms. The van der Waals surface area contributed by atoms with E-state index in [1.54, 1.807) is 0 Å². The number of pyridine rings is 1. The molecule has 0 radical (unpaired) electrons. The minimum absolute atomic E-state index is 0.0910. The number of aromatic nitrogens is 3. The van der Waals surface area contributed by atoms with Crippen molar-refractivity contribution in [2.45, 2.75) is 43.7 Å². The highest BCUT2D eigenvalue weighted by Gasteiger charge is 2.36. The number of halogens is 1. The SMILES string of the molecule is O=C(C(c1ccc(Cl)cc1)C1CCCN1)N1CCN(c2c(C3=CCCC=C3)cnc3[nH]nc(OC[C@@H](O)CO)c23)CC1. The third-order valence-electron chi connectivity index (χ3n) is 8.36. The number of aliphatic hydroxyl groups is 2. The molecule has 3 atom stereocenters. The van der Waals surface area contributed by atoms with Crippen LogP contribution in [0.3, 0.4) is 0 Å². The number of nitrogens with zero attached hydrogens (tertiary/aromatic N) is 4. The number of ether oxygens (including phenoxy) is 1. The van der Waals surface area contributed by atoms with Crippen LogP contribution >= 0.6 is 11.6 Å². The monoisotopic (exact) mass is 592 g/mol. The van der Waals surface area contributed by atoms with Crippen molar-refractivity contribution >= 4 is 39.8 Å². The summed E-state index contributed by atoms with van der Waals surface area (Å²) >= 11 is 6.17. The van der Waals surface area contributed by atoms with Crippen molar-refractivity contribution in [1.29, 1.82) is 0 Å². The van der Waals surface area contributed by atoms with Crippen LogP contribution in [-0.4, -0.2) is 94.3 Å². The van der Waals surface area contributed by atoms with Crippen LogP contribution in [0, 0.1) is 0 Å². The molecule has 2 saturated heterocycles. The van der Waals surface area contributed by atoms with E-state index in [2.05, 4.69) is 43.6 Å². The molecule has 11 heteroatoms. The number of allylic oxidation sites excluding steroid dienone is 4. The molecule has 2 unspecified atom stereocenters. The number of carbonyl (C=O) groups is 1. The molecular weight excluding hydrogens is 556 g/mol. The number of aliphatic hydroxyl groups excluding tert-OH is 2. The molecule has 1 aromatic carbocycles. The summed E-state index contributed by atoms with van der Waals surface area (Å²) in [6, 6.07) is 7.77. The van der Waals surface area contributed by atoms with Crippen LogP contribution in [0.15, 0.2) is 48.7 Å². The maximum absolute atomic E-state index is 14.1. The fourth-order valence-corrected chi connectivity index (χ4v) is 6.32. The second-order valence-electron chi connectivity index (χ2n) is 11.1. The van der Waals surface area contributed by atoms with E-state index in [1.807, 2.05) is 35.4 Å². The largest absolute Gasteiger partial charge is 0.473 e. The minimum Gasteiger partial charge on any atom is -0.473 e. The number of hydrogen-bond donors (Lipinski definition) is 4. The Morgan fingerprint density at radius 2 is 1.98 bits per heavy atom. The topological polar surface area (TPSA) is 127 Å². The van der Waals surface area contributed by atoms with Gasteiger partial charge in [0.05, 0.1) is 18.2 Å². The van der Waals surface area contributed by atoms with Gasteiger partial charge in [0, 0.05) is 49.0 Å². The molecule has 3 aromatic rings. The number of fused-ring (bicyclic) bond motifs is 1. The molecule has 10 nitrogen and oxygen atoms in total. The fraction of sp³-hybridized carbons (Fsp3) is 0.452. The van der Waals surface area contributed by atoms with Crippen molar-refractivity contribution in [1.82, 2.24) is 25.4 Å². The van der Waals surface area contributed by atoms with E-state index >= 15 is 0 Å². The quantitative estimate of drug-likeness (QED) is 0.298. The molecule has 2 aromatic heterocycles. The van der Waals surface area contributed by atoms with Gasteiger partial charge in [-0.15, -0.1) is 5.10 Å². The lowest BCUT2D eigenvalue weighted by Gasteiger charge is -2.39. The first-order valence-electron chi connectivity index (χ1n) is 14.7. The first-order valence-corrected chi connectivity index (χ1v) is 15.1. The van der Waals surface area contributed by atoms with Gasteiger partial charge in [-0.1, -0.05) is 42.0 Å². The third-order valence-corrected chi connectivity index (χ3v) is 8.61. The van der Waals surface area contributed by atoms with Crippen molar-refractivity contribution in [3.8, 4) is 5.88 Å². The lowest BCUT2D eigenvalue weighted by atomic mass is 9.89. The molecule has 42 heavy (non-hydrogen) atoms. The van der Waals surface area contributed by atoms with Crippen molar-refractivity contribution in [3.63, 3.8) is 0 Å². The van der Waals surface area contributed by atoms with Crippen LogP contribution in [0.25, 0.3) is 16.6 Å². The van der Waals surface area contributed by atoms with Gasteiger partial charge in [0.15, 0.2) is 5.65 Å². The number of amides is 1. The van der Waals surface area contributed by atoms with Gasteiger partial charge in [-0.25, -0.2) is 4.98 Å². The summed E-state index contributed by atoms with van der Waals surface area (Å²) in [6.45, 7) is 2.84. The van der Waals surface area contributed by atoms with Gasteiger partial charge in [0.1, 0.15) is 18.1 Å². The van der Waals surface area contributed by atoms with Crippen LogP contribution in [0.4, 0.5) is 5.69 Å². The van der Waals surface area contributed by atoms with Crippen molar-refractivity contribution in [3.05, 3.63) is 64.8 Å². The zero-order chi connectivity index (χ0) is 29.1. The fourth-order valence-electron chi connectivity index (χ4n) is 6.19. The zero-order valence-corrected chi connectivity index (χ0v) is 24.3. The predicted octanol–water partition coefficient (Wildman–Crippen LogP) is 3.26. The lowest BCUT2D eigenvalue weighted by molar-refractivity contribution is -0.133. The van der Waals surface area contributed by atoms with E-state index in [9.17, 15) is 15.0 Å². The molecule has 6 rings (SSSR count). The molecule has 0 saturated carbocycles. The summed E-state index contributed by atoms with van der Waals surface area (Å²) in [6.07, 6.45) is 11.3. The number of piperazine rings is 1. The minimum atomic E-state index is -1.02. The Labute approximate surface area is 250 Å². The molecule has 2 fully saturated rings. The maximum atomic E-state index is 14.1. The Hall–Kier alpha value is -3.44. The summed E-state index contributed by atoms with van der Waals surface area (Å²) < 4.78 is 5.85. The second kappa shape index (κ2) is 12.8. The van der Waals surface area contributed by atoms with Crippen LogP contribution in [0.5, 0.6) is 5.88 Å². The van der Waals surface area contributed by atoms with E-state index in [4.69, 9.17) is 16.3 Å². The van der Waals surface area contributed by atoms with E-state index in [-0.39, 0.29) is 24.5 Å². The van der Waals surface area contributed by atoms with Crippen LogP contribution in [0.1, 0.15) is 42.7 Å². The summed E-state index contributed by atoms with van der Waals surface area (Å²) in [7, 11) is 0. The van der Waals surface area contributed by atoms with Gasteiger partial charge < -0.3 is 30.1 Å². The average Bonchev–Trinajstić information content (AvgIpc) is 3.71. The van der Waals surface area contributed by atoms with Crippen LogP contribution < -0.4 is 15.0 Å². The zero-order valence-electron chi connectivity index (χ0n) is 23.5. The lowest BCUT2D eigenvalue weighted by Crippen LogP contribution is -2.52. The van der Waals surface area contributed by atoms with Gasteiger partial charge in [-0.3, -0.25) is 9.89 Å². The van der Waals surface area contributed by atoms with E-state index in [1.165, 1.54) is 0 Å². The number of aromatic amines is 1. The number of carbonyl (C=O) groups excluding carboxylic acids is 1. The van der Waals surface area contributed by atoms with Gasteiger partial charge >= 0.3 is 0 Å². The molecule has 4 N–H and O–H groups in total. The Kier molecular flexibility index (Phi) is 8.76. The Morgan fingerprint density at radius 1 is 1.17 bits per heavy atom. The Bertz CT molecular complexity index is 1460. The van der Waals surface area contributed by atoms with Crippen LogP contribution in [0.2, 0.25) is 5.02 Å². The van der Waals surface area contributed by atoms with Gasteiger partial charge in [0.2, 0.25) is 11.8 Å². The van der Waals surface area contributed by atoms with Gasteiger partial charge in [-0.05, 0) is 55.5 Å². The van der Waals surface area contributed by atoms with Crippen molar-refractivity contribution < 1.29 is 19.7 Å². The van der Waals surface area contributed by atoms with Crippen LogP contribution in [-0.2, 0) is 4.79 Å². The Balaban J connectivity index is 1.28. The molecule has 3 aliphatic rings. The summed E-state index contributed by atoms with van der Waals surface area (Å²) in [4.78, 5) is 23.0. The van der Waals surface area contributed by atoms with Crippen molar-refractivity contribution in [2.75, 3.05) is 50.8 Å². The average molecular weight is 593 g/mol. The third kappa shape index (κ3) is 5.89. The van der Waals surface area contributed by atoms with E-state index in [0.717, 1.165) is 60.0 Å². The maximum Gasteiger partial charge on any atom is 0.244 e. The van der Waals surface area contributed by atoms with E-state index < -0.39 is 12.7 Å². The molecule has 222 valence electrons. The smallest absolute Gasteiger partial charge is 0.244 e. The summed E-state index contributed by atoms with van der Waals surface area (Å²) in [5.74, 6) is 0.208. The molecule has 4 heterocycles. The first-order chi connectivity index (χ1) is 20.5.